The maximum Gasteiger partial charge on any atom is 0.491 e. The zero-order chi connectivity index (χ0) is 20.8. The number of hydrogen-bond donors (Lipinski definition) is 4. The normalized spacial score (nSPS) is 16.7. The monoisotopic (exact) mass is 437 g/mol. The molecule has 12 heteroatoms. The summed E-state index contributed by atoms with van der Waals surface area (Å²) in [5.74, 6) is 0. The van der Waals surface area contributed by atoms with E-state index in [0.717, 1.165) is 5.56 Å². The van der Waals surface area contributed by atoms with Crippen LogP contribution in [0.1, 0.15) is 24.0 Å². The standard InChI is InChI=1S/C17H20BN3O6S2/c19-13-2-6-17(12(7-13)9-20-28(23,24)15-4-5-15)29(25,26)21-14-3-1-11-10-27-18(22)16(11)8-14/h1-3,6-8,15,20-22H,4-5,9-10,19H2. The Kier molecular flexibility index (Phi) is 5.07. The van der Waals surface area contributed by atoms with E-state index < -0.39 is 32.4 Å². The van der Waals surface area contributed by atoms with Crippen LogP contribution in [0, 0.1) is 0 Å². The molecule has 5 N–H and O–H groups in total. The van der Waals surface area contributed by atoms with Crippen molar-refractivity contribution in [2.45, 2.75) is 36.1 Å². The molecule has 2 aromatic rings. The third-order valence-corrected chi connectivity index (χ3v) is 8.24. The lowest BCUT2D eigenvalue weighted by Crippen LogP contribution is -2.29. The molecule has 0 unspecified atom stereocenters. The Labute approximate surface area is 169 Å². The zero-order valence-electron chi connectivity index (χ0n) is 15.3. The third-order valence-electron chi connectivity index (χ3n) is 4.86. The van der Waals surface area contributed by atoms with Gasteiger partial charge in [-0.05, 0) is 59.8 Å². The van der Waals surface area contributed by atoms with E-state index in [9.17, 15) is 21.9 Å². The smallest absolute Gasteiger partial charge is 0.423 e. The number of sulfonamides is 2. The molecule has 4 rings (SSSR count). The molecule has 1 saturated carbocycles. The lowest BCUT2D eigenvalue weighted by Gasteiger charge is -2.14. The molecule has 0 aromatic heterocycles. The Morgan fingerprint density at radius 1 is 1.14 bits per heavy atom. The second-order valence-electron chi connectivity index (χ2n) is 7.12. The second kappa shape index (κ2) is 7.29. The maximum atomic E-state index is 13.0. The predicted molar refractivity (Wildman–Crippen MR) is 109 cm³/mol. The van der Waals surface area contributed by atoms with Gasteiger partial charge in [0.05, 0.1) is 16.8 Å². The molecule has 9 nitrogen and oxygen atoms in total. The van der Waals surface area contributed by atoms with Crippen LogP contribution in [0.5, 0.6) is 0 Å². The van der Waals surface area contributed by atoms with Gasteiger partial charge >= 0.3 is 7.12 Å². The number of nitrogens with one attached hydrogen (secondary N) is 2. The van der Waals surface area contributed by atoms with Crippen LogP contribution in [-0.2, 0) is 37.9 Å². The first-order chi connectivity index (χ1) is 13.7. The number of fused-ring (bicyclic) bond motifs is 1. The van der Waals surface area contributed by atoms with E-state index in [0.29, 0.717) is 24.0 Å². The number of benzene rings is 2. The molecule has 0 spiro atoms. The molecule has 0 atom stereocenters. The van der Waals surface area contributed by atoms with Gasteiger partial charge in [-0.25, -0.2) is 21.6 Å². The molecule has 0 amide bonds. The minimum absolute atomic E-state index is 0.0810. The average molecular weight is 437 g/mol. The molecular formula is C17H20BN3O6S2. The van der Waals surface area contributed by atoms with E-state index in [1.807, 2.05) is 0 Å². The molecule has 0 saturated heterocycles. The highest BCUT2D eigenvalue weighted by Crippen LogP contribution is 2.28. The van der Waals surface area contributed by atoms with Crippen molar-refractivity contribution in [2.75, 3.05) is 10.5 Å². The predicted octanol–water partition coefficient (Wildman–Crippen LogP) is -0.131. The molecule has 1 aliphatic carbocycles. The van der Waals surface area contributed by atoms with Gasteiger partial charge in [-0.2, -0.15) is 0 Å². The second-order valence-corrected chi connectivity index (χ2v) is 10.8. The van der Waals surface area contributed by atoms with Gasteiger partial charge in [0.2, 0.25) is 10.0 Å². The van der Waals surface area contributed by atoms with Crippen LogP contribution in [0.3, 0.4) is 0 Å². The van der Waals surface area contributed by atoms with Gasteiger partial charge in [-0.3, -0.25) is 4.72 Å². The van der Waals surface area contributed by atoms with Crippen LogP contribution in [-0.4, -0.2) is 34.2 Å². The van der Waals surface area contributed by atoms with E-state index in [-0.39, 0.29) is 29.3 Å². The van der Waals surface area contributed by atoms with Gasteiger partial charge in [-0.1, -0.05) is 6.07 Å². The molecule has 2 aliphatic rings. The summed E-state index contributed by atoms with van der Waals surface area (Å²) in [6.07, 6.45) is 1.21. The number of nitrogen functional groups attached to an aromatic ring is 1. The van der Waals surface area contributed by atoms with E-state index in [1.165, 1.54) is 24.3 Å². The van der Waals surface area contributed by atoms with Crippen molar-refractivity contribution in [3.63, 3.8) is 0 Å². The van der Waals surface area contributed by atoms with Crippen molar-refractivity contribution >= 4 is 44.0 Å². The summed E-state index contributed by atoms with van der Waals surface area (Å²) in [5, 5.41) is 9.40. The van der Waals surface area contributed by atoms with Gasteiger partial charge in [0.15, 0.2) is 0 Å². The highest BCUT2D eigenvalue weighted by molar-refractivity contribution is 7.92. The molecule has 1 fully saturated rings. The van der Waals surface area contributed by atoms with E-state index in [2.05, 4.69) is 9.44 Å². The maximum absolute atomic E-state index is 13.0. The van der Waals surface area contributed by atoms with Gasteiger partial charge in [0, 0.05) is 17.9 Å². The minimum Gasteiger partial charge on any atom is -0.423 e. The molecule has 29 heavy (non-hydrogen) atoms. The quantitative estimate of drug-likeness (QED) is 0.348. The number of anilines is 2. The lowest BCUT2D eigenvalue weighted by atomic mass is 9.79. The Morgan fingerprint density at radius 3 is 2.62 bits per heavy atom. The average Bonchev–Trinajstić information content (AvgIpc) is 3.45. The Hall–Kier alpha value is -2.12. The van der Waals surface area contributed by atoms with Crippen molar-refractivity contribution in [2.24, 2.45) is 0 Å². The summed E-state index contributed by atoms with van der Waals surface area (Å²) in [7, 11) is -8.61. The van der Waals surface area contributed by atoms with E-state index in [4.69, 9.17) is 10.4 Å². The van der Waals surface area contributed by atoms with Crippen LogP contribution in [0.25, 0.3) is 0 Å². The van der Waals surface area contributed by atoms with Gasteiger partial charge in [0.1, 0.15) is 0 Å². The van der Waals surface area contributed by atoms with Crippen LogP contribution >= 0.6 is 0 Å². The van der Waals surface area contributed by atoms with Crippen molar-refractivity contribution in [3.8, 4) is 0 Å². The van der Waals surface area contributed by atoms with Crippen molar-refractivity contribution in [1.29, 1.82) is 0 Å². The summed E-state index contributed by atoms with van der Waals surface area (Å²) in [5.41, 5.74) is 7.88. The zero-order valence-corrected chi connectivity index (χ0v) is 17.0. The molecule has 0 radical (unpaired) electrons. The third kappa shape index (κ3) is 4.26. The van der Waals surface area contributed by atoms with Gasteiger partial charge in [-0.15, -0.1) is 0 Å². The van der Waals surface area contributed by atoms with Crippen molar-refractivity contribution in [3.05, 3.63) is 47.5 Å². The van der Waals surface area contributed by atoms with Crippen LogP contribution in [0.15, 0.2) is 41.3 Å². The van der Waals surface area contributed by atoms with Crippen molar-refractivity contribution in [1.82, 2.24) is 4.72 Å². The van der Waals surface area contributed by atoms with Gasteiger partial charge in [0.25, 0.3) is 10.0 Å². The highest BCUT2D eigenvalue weighted by Gasteiger charge is 2.35. The fourth-order valence-electron chi connectivity index (χ4n) is 3.16. The summed E-state index contributed by atoms with van der Waals surface area (Å²) in [4.78, 5) is -0.0810. The Morgan fingerprint density at radius 2 is 1.90 bits per heavy atom. The van der Waals surface area contributed by atoms with Crippen molar-refractivity contribution < 1.29 is 26.5 Å². The van der Waals surface area contributed by atoms with Crippen LogP contribution < -0.4 is 20.6 Å². The Balaban J connectivity index is 1.60. The number of hydrogen-bond acceptors (Lipinski definition) is 7. The van der Waals surface area contributed by atoms with Gasteiger partial charge < -0.3 is 15.4 Å². The fraction of sp³-hybridized carbons (Fsp3) is 0.294. The first-order valence-corrected chi connectivity index (χ1v) is 12.0. The molecule has 154 valence electrons. The fourth-order valence-corrected chi connectivity index (χ4v) is 5.78. The molecular weight excluding hydrogens is 417 g/mol. The van der Waals surface area contributed by atoms with Crippen LogP contribution in [0.2, 0.25) is 0 Å². The summed E-state index contributed by atoms with van der Waals surface area (Å²) in [6.45, 7) is 0.0731. The minimum atomic E-state index is -4.03. The SMILES string of the molecule is Nc1ccc(S(=O)(=O)Nc2ccc3c(c2)B(O)OC3)c(CNS(=O)(=O)C2CC2)c1. The largest absolute Gasteiger partial charge is 0.491 e. The van der Waals surface area contributed by atoms with Crippen LogP contribution in [0.4, 0.5) is 11.4 Å². The Bertz CT molecular complexity index is 1170. The first-order valence-electron chi connectivity index (χ1n) is 8.98. The molecule has 2 aromatic carbocycles. The molecule has 0 bridgehead atoms. The summed E-state index contributed by atoms with van der Waals surface area (Å²) in [6, 6.07) is 8.97. The summed E-state index contributed by atoms with van der Waals surface area (Å²) < 4.78 is 60.2. The lowest BCUT2D eigenvalue weighted by molar-refractivity contribution is 0.275. The highest BCUT2D eigenvalue weighted by atomic mass is 32.2. The number of rotatable bonds is 7. The summed E-state index contributed by atoms with van der Waals surface area (Å²) >= 11 is 0. The molecule has 1 aliphatic heterocycles. The number of nitrogens with two attached hydrogens (primary N) is 1. The van der Waals surface area contributed by atoms with E-state index in [1.54, 1.807) is 12.1 Å². The first kappa shape index (κ1) is 20.2. The topological polar surface area (TPSA) is 148 Å². The molecule has 1 heterocycles. The van der Waals surface area contributed by atoms with E-state index >= 15 is 0 Å².